The van der Waals surface area contributed by atoms with Crippen LogP contribution in [0.15, 0.2) is 36.7 Å². The van der Waals surface area contributed by atoms with Crippen molar-refractivity contribution in [1.29, 1.82) is 0 Å². The summed E-state index contributed by atoms with van der Waals surface area (Å²) in [6, 6.07) is 7.35. The Hall–Kier alpha value is -2.56. The third-order valence-corrected chi connectivity index (χ3v) is 5.22. The van der Waals surface area contributed by atoms with Gasteiger partial charge in [0.2, 0.25) is 5.44 Å². The molecule has 26 heavy (non-hydrogen) atoms. The summed E-state index contributed by atoms with van der Waals surface area (Å²) in [5.41, 5.74) is 0.866. The molecule has 0 saturated carbocycles. The number of nitrogens with one attached hydrogen (secondary N) is 1. The number of nitrogens with zero attached hydrogens (tertiary/aromatic N) is 2. The molecule has 0 fully saturated rings. The summed E-state index contributed by atoms with van der Waals surface area (Å²) in [5.74, 6) is 2.96. The Balaban J connectivity index is 1.69. The summed E-state index contributed by atoms with van der Waals surface area (Å²) >= 11 is 2.89. The molecular formula is C19H17N3O2S2. The van der Waals surface area contributed by atoms with Crippen LogP contribution in [0.4, 0.5) is 0 Å². The van der Waals surface area contributed by atoms with Crippen LogP contribution in [0, 0.1) is 19.3 Å². The van der Waals surface area contributed by atoms with Gasteiger partial charge in [0, 0.05) is 28.2 Å². The van der Waals surface area contributed by atoms with Gasteiger partial charge in [-0.15, -0.1) is 29.5 Å². The number of benzene rings is 1. The summed E-state index contributed by atoms with van der Waals surface area (Å²) in [7, 11) is 0. The average molecular weight is 383 g/mol. The zero-order chi connectivity index (χ0) is 18.5. The maximum Gasteiger partial charge on any atom is 0.272 e. The lowest BCUT2D eigenvalue weighted by molar-refractivity contribution is -0.124. The molecular weight excluding hydrogens is 366 g/mol. The van der Waals surface area contributed by atoms with E-state index in [0.717, 1.165) is 20.8 Å². The van der Waals surface area contributed by atoms with Gasteiger partial charge in [0.05, 0.1) is 12.1 Å². The lowest BCUT2D eigenvalue weighted by Gasteiger charge is -2.16. The van der Waals surface area contributed by atoms with Crippen molar-refractivity contribution in [3.05, 3.63) is 52.1 Å². The van der Waals surface area contributed by atoms with Gasteiger partial charge in [-0.05, 0) is 37.4 Å². The third-order valence-electron chi connectivity index (χ3n) is 3.57. The Kier molecular flexibility index (Phi) is 5.76. The van der Waals surface area contributed by atoms with E-state index in [1.165, 1.54) is 11.8 Å². The van der Waals surface area contributed by atoms with E-state index in [4.69, 9.17) is 11.2 Å². The van der Waals surface area contributed by atoms with Crippen molar-refractivity contribution in [2.75, 3.05) is 6.26 Å². The number of carbonyl (C=O) groups excluding carboxylic acids is 1. The molecule has 1 amide bonds. The topological polar surface area (TPSA) is 64.1 Å². The molecule has 1 aromatic carbocycles. The summed E-state index contributed by atoms with van der Waals surface area (Å²) in [5, 5.41) is 4.60. The van der Waals surface area contributed by atoms with E-state index in [1.807, 2.05) is 31.4 Å². The number of thiazole rings is 1. The fraction of sp³-hybridized carbons (Fsp3) is 0.211. The van der Waals surface area contributed by atoms with Crippen molar-refractivity contribution < 1.29 is 9.53 Å². The minimum absolute atomic E-state index is 0.194. The van der Waals surface area contributed by atoms with Gasteiger partial charge in [-0.25, -0.2) is 4.98 Å². The molecule has 1 N–H and O–H groups in total. The van der Waals surface area contributed by atoms with Gasteiger partial charge in [0.1, 0.15) is 10.8 Å². The van der Waals surface area contributed by atoms with Gasteiger partial charge in [-0.2, -0.15) is 0 Å². The monoisotopic (exact) mass is 383 g/mol. The molecule has 0 spiro atoms. The highest BCUT2D eigenvalue weighted by atomic mass is 32.2. The standard InChI is InChI=1S/C19H17N3O2S2/c1-4-13-7-14-8-15(5-6-16(14)20-10-13)24-19(25-3)18(23)22-11-17-21-9-12(2)26-17/h1,5-10,19H,11H2,2-3H3,(H,22,23). The zero-order valence-corrected chi connectivity index (χ0v) is 16.0. The summed E-state index contributed by atoms with van der Waals surface area (Å²) in [6.07, 6.45) is 10.7. The number of thioether (sulfide) groups is 1. The number of amides is 1. The van der Waals surface area contributed by atoms with Crippen molar-refractivity contribution in [3.8, 4) is 18.1 Å². The van der Waals surface area contributed by atoms with Crippen molar-refractivity contribution in [3.63, 3.8) is 0 Å². The van der Waals surface area contributed by atoms with Crippen LogP contribution in [0.25, 0.3) is 10.9 Å². The van der Waals surface area contributed by atoms with Gasteiger partial charge < -0.3 is 10.1 Å². The lowest BCUT2D eigenvalue weighted by atomic mass is 10.1. The predicted octanol–water partition coefficient (Wildman–Crippen LogP) is 3.37. The molecule has 0 bridgehead atoms. The maximum atomic E-state index is 12.4. The Morgan fingerprint density at radius 3 is 2.92 bits per heavy atom. The first-order valence-electron chi connectivity index (χ1n) is 7.84. The molecule has 5 nitrogen and oxygen atoms in total. The van der Waals surface area contributed by atoms with E-state index in [9.17, 15) is 4.79 Å². The van der Waals surface area contributed by atoms with Crippen molar-refractivity contribution in [2.24, 2.45) is 0 Å². The number of pyridine rings is 1. The van der Waals surface area contributed by atoms with Crippen LogP contribution in [0.5, 0.6) is 5.75 Å². The number of hydrogen-bond donors (Lipinski definition) is 1. The van der Waals surface area contributed by atoms with Crippen LogP contribution in [0.1, 0.15) is 15.4 Å². The van der Waals surface area contributed by atoms with E-state index in [2.05, 4.69) is 21.2 Å². The van der Waals surface area contributed by atoms with Crippen LogP contribution in [-0.4, -0.2) is 27.6 Å². The van der Waals surface area contributed by atoms with Crippen LogP contribution in [-0.2, 0) is 11.3 Å². The number of hydrogen-bond acceptors (Lipinski definition) is 6. The van der Waals surface area contributed by atoms with Crippen LogP contribution in [0.3, 0.4) is 0 Å². The molecule has 1 atom stereocenters. The third kappa shape index (κ3) is 4.34. The Morgan fingerprint density at radius 2 is 2.23 bits per heavy atom. The SMILES string of the molecule is C#Cc1cnc2ccc(OC(SC)C(=O)NCc3ncc(C)s3)cc2c1. The van der Waals surface area contributed by atoms with Crippen LogP contribution < -0.4 is 10.1 Å². The smallest absolute Gasteiger partial charge is 0.272 e. The van der Waals surface area contributed by atoms with E-state index in [-0.39, 0.29) is 5.91 Å². The molecule has 0 aliphatic heterocycles. The molecule has 3 aromatic rings. The predicted molar refractivity (Wildman–Crippen MR) is 106 cm³/mol. The quantitative estimate of drug-likeness (QED) is 0.522. The first-order chi connectivity index (χ1) is 12.6. The molecule has 3 rings (SSSR count). The minimum Gasteiger partial charge on any atom is -0.470 e. The number of ether oxygens (including phenoxy) is 1. The molecule has 1 unspecified atom stereocenters. The highest BCUT2D eigenvalue weighted by molar-refractivity contribution is 7.99. The highest BCUT2D eigenvalue weighted by Crippen LogP contribution is 2.23. The lowest BCUT2D eigenvalue weighted by Crippen LogP contribution is -2.35. The van der Waals surface area contributed by atoms with Crippen LogP contribution in [0.2, 0.25) is 0 Å². The summed E-state index contributed by atoms with van der Waals surface area (Å²) < 4.78 is 5.86. The number of fused-ring (bicyclic) bond motifs is 1. The van der Waals surface area contributed by atoms with E-state index < -0.39 is 5.44 Å². The molecule has 2 heterocycles. The molecule has 0 radical (unpaired) electrons. The first-order valence-corrected chi connectivity index (χ1v) is 9.94. The first kappa shape index (κ1) is 18.2. The highest BCUT2D eigenvalue weighted by Gasteiger charge is 2.19. The summed E-state index contributed by atoms with van der Waals surface area (Å²) in [6.45, 7) is 2.38. The molecule has 0 aliphatic rings. The van der Waals surface area contributed by atoms with Crippen molar-refractivity contribution in [1.82, 2.24) is 15.3 Å². The molecule has 7 heteroatoms. The number of carbonyl (C=O) groups is 1. The van der Waals surface area contributed by atoms with Gasteiger partial charge in [0.15, 0.2) is 0 Å². The second kappa shape index (κ2) is 8.21. The molecule has 132 valence electrons. The minimum atomic E-state index is -0.655. The van der Waals surface area contributed by atoms with Gasteiger partial charge in [-0.3, -0.25) is 9.78 Å². The van der Waals surface area contributed by atoms with Crippen molar-refractivity contribution >= 4 is 39.9 Å². The normalized spacial score (nSPS) is 11.7. The molecule has 0 aliphatic carbocycles. The second-order valence-electron chi connectivity index (χ2n) is 5.49. The van der Waals surface area contributed by atoms with Gasteiger partial charge in [0.25, 0.3) is 5.91 Å². The number of aryl methyl sites for hydroxylation is 1. The molecule has 0 saturated heterocycles. The van der Waals surface area contributed by atoms with Crippen molar-refractivity contribution in [2.45, 2.75) is 18.9 Å². The van der Waals surface area contributed by atoms with Gasteiger partial charge >= 0.3 is 0 Å². The van der Waals surface area contributed by atoms with Gasteiger partial charge in [-0.1, -0.05) is 5.92 Å². The zero-order valence-electron chi connectivity index (χ0n) is 14.4. The Labute approximate surface area is 160 Å². The average Bonchev–Trinajstić information content (AvgIpc) is 3.08. The maximum absolute atomic E-state index is 12.4. The van der Waals surface area contributed by atoms with Crippen LogP contribution >= 0.6 is 23.1 Å². The van der Waals surface area contributed by atoms with E-state index in [0.29, 0.717) is 17.9 Å². The number of terminal acetylenes is 1. The number of rotatable bonds is 6. The summed E-state index contributed by atoms with van der Waals surface area (Å²) in [4.78, 5) is 22.1. The molecule has 2 aromatic heterocycles. The second-order valence-corrected chi connectivity index (χ2v) is 7.71. The Bertz CT molecular complexity index is 978. The van der Waals surface area contributed by atoms with E-state index in [1.54, 1.807) is 29.8 Å². The van der Waals surface area contributed by atoms with E-state index >= 15 is 0 Å². The fourth-order valence-electron chi connectivity index (χ4n) is 2.32. The Morgan fingerprint density at radius 1 is 1.38 bits per heavy atom. The fourth-order valence-corrected chi connectivity index (χ4v) is 3.55. The largest absolute Gasteiger partial charge is 0.470 e. The number of aromatic nitrogens is 2.